The van der Waals surface area contributed by atoms with Gasteiger partial charge in [0.15, 0.2) is 5.69 Å². The van der Waals surface area contributed by atoms with Crippen molar-refractivity contribution < 1.29 is 22.4 Å². The van der Waals surface area contributed by atoms with Crippen LogP contribution in [-0.2, 0) is 16.5 Å². The molecule has 11 heteroatoms. The fourth-order valence-electron chi connectivity index (χ4n) is 5.90. The molecule has 0 fully saturated rings. The predicted molar refractivity (Wildman–Crippen MR) is 199 cm³/mol. The number of aromatic amines is 1. The molecule has 0 atom stereocenters. The zero-order chi connectivity index (χ0) is 35.6. The first-order chi connectivity index (χ1) is 24.3. The number of methoxy groups -OCH3 is 1. The summed E-state index contributed by atoms with van der Waals surface area (Å²) < 4.78 is 47.0. The van der Waals surface area contributed by atoms with E-state index < -0.39 is 20.6 Å². The molecule has 0 bridgehead atoms. The number of aromatic nitrogens is 2. The Morgan fingerprint density at radius 2 is 1.30 bits per heavy atom. The van der Waals surface area contributed by atoms with Gasteiger partial charge in [-0.2, -0.15) is 13.5 Å². The number of unbranched alkanes of at least 4 members (excludes halogenated alkanes) is 14. The Labute approximate surface area is 296 Å². The molecule has 0 aliphatic heterocycles. The number of aryl methyl sites for hydroxylation is 1. The maximum Gasteiger partial charge on any atom is 0.299 e. The summed E-state index contributed by atoms with van der Waals surface area (Å²) in [6, 6.07) is 19.8. The third kappa shape index (κ3) is 12.3. The molecule has 50 heavy (non-hydrogen) atoms. The standard InChI is InChI=1S/C39H52N4O6S/c1-3-4-5-6-7-8-9-10-11-12-13-14-15-16-20-23-35-38(41-40-31-24-27-33(48-2)28-25-31)39(44)43(42-35)32-26-29-36(37(30-32)50(45,46)47)49-34-21-18-17-19-22-34/h17-19,21-22,24-30,42H,3-16,20,23H2,1-2H3,(H,45,46,47). The molecule has 0 aliphatic rings. The van der Waals surface area contributed by atoms with Crippen LogP contribution >= 0.6 is 0 Å². The lowest BCUT2D eigenvalue weighted by Crippen LogP contribution is -2.15. The number of nitrogens with one attached hydrogen (secondary N) is 1. The van der Waals surface area contributed by atoms with Crippen LogP contribution in [0.5, 0.6) is 17.2 Å². The van der Waals surface area contributed by atoms with Crippen LogP contribution in [0.1, 0.15) is 109 Å². The topological polar surface area (TPSA) is 135 Å². The zero-order valence-electron chi connectivity index (χ0n) is 29.5. The average Bonchev–Trinajstić information content (AvgIpc) is 3.43. The summed E-state index contributed by atoms with van der Waals surface area (Å²) in [7, 11) is -3.12. The lowest BCUT2D eigenvalue weighted by molar-refractivity contribution is 0.415. The molecule has 0 saturated carbocycles. The fourth-order valence-corrected chi connectivity index (χ4v) is 6.53. The van der Waals surface area contributed by atoms with E-state index in [2.05, 4.69) is 22.3 Å². The van der Waals surface area contributed by atoms with Crippen molar-refractivity contribution in [3.05, 3.63) is 88.8 Å². The molecule has 1 heterocycles. The summed E-state index contributed by atoms with van der Waals surface area (Å²) in [4.78, 5) is 13.3. The van der Waals surface area contributed by atoms with Gasteiger partial charge in [-0.05, 0) is 67.4 Å². The normalized spacial score (nSPS) is 11.7. The van der Waals surface area contributed by atoms with Gasteiger partial charge in [-0.15, -0.1) is 5.11 Å². The van der Waals surface area contributed by atoms with Crippen molar-refractivity contribution in [3.8, 4) is 22.9 Å². The van der Waals surface area contributed by atoms with E-state index in [1.807, 2.05) is 0 Å². The quantitative estimate of drug-likeness (QED) is 0.0448. The number of hydrogen-bond acceptors (Lipinski definition) is 7. The summed E-state index contributed by atoms with van der Waals surface area (Å²) in [5.74, 6) is 1.00. The largest absolute Gasteiger partial charge is 0.497 e. The van der Waals surface area contributed by atoms with E-state index in [1.165, 1.54) is 93.9 Å². The summed E-state index contributed by atoms with van der Waals surface area (Å²) in [6.45, 7) is 2.26. The van der Waals surface area contributed by atoms with E-state index in [4.69, 9.17) is 9.47 Å². The molecule has 4 aromatic rings. The second-order valence-electron chi connectivity index (χ2n) is 12.7. The molecule has 0 radical (unpaired) electrons. The van der Waals surface area contributed by atoms with Crippen LogP contribution < -0.4 is 15.0 Å². The third-order valence-electron chi connectivity index (χ3n) is 8.74. The molecular formula is C39H52N4O6S. The molecular weight excluding hydrogens is 653 g/mol. The van der Waals surface area contributed by atoms with Gasteiger partial charge in [0.25, 0.3) is 15.7 Å². The number of azo groups is 1. The number of rotatable bonds is 23. The van der Waals surface area contributed by atoms with Crippen molar-refractivity contribution in [1.29, 1.82) is 0 Å². The van der Waals surface area contributed by atoms with Crippen molar-refractivity contribution in [1.82, 2.24) is 9.78 Å². The second-order valence-corrected chi connectivity index (χ2v) is 14.1. The number of benzene rings is 3. The van der Waals surface area contributed by atoms with Gasteiger partial charge < -0.3 is 9.47 Å². The fraction of sp³-hybridized carbons (Fsp3) is 0.462. The second kappa shape index (κ2) is 20.5. The van der Waals surface area contributed by atoms with Crippen LogP contribution in [0.3, 0.4) is 0 Å². The number of ether oxygens (including phenoxy) is 2. The maximum absolute atomic E-state index is 13.7. The van der Waals surface area contributed by atoms with Gasteiger partial charge in [0, 0.05) is 0 Å². The molecule has 270 valence electrons. The molecule has 0 unspecified atom stereocenters. The van der Waals surface area contributed by atoms with Crippen LogP contribution in [0.2, 0.25) is 0 Å². The molecule has 10 nitrogen and oxygen atoms in total. The Morgan fingerprint density at radius 1 is 0.720 bits per heavy atom. The minimum Gasteiger partial charge on any atom is -0.497 e. The molecule has 0 amide bonds. The number of hydrogen-bond donors (Lipinski definition) is 2. The van der Waals surface area contributed by atoms with E-state index >= 15 is 0 Å². The highest BCUT2D eigenvalue weighted by atomic mass is 32.2. The average molecular weight is 705 g/mol. The molecule has 0 aliphatic carbocycles. The van der Waals surface area contributed by atoms with Gasteiger partial charge >= 0.3 is 0 Å². The van der Waals surface area contributed by atoms with Gasteiger partial charge in [-0.1, -0.05) is 115 Å². The first kappa shape index (κ1) is 38.6. The Bertz CT molecular complexity index is 1780. The Balaban J connectivity index is 1.41. The predicted octanol–water partition coefficient (Wildman–Crippen LogP) is 11.0. The lowest BCUT2D eigenvalue weighted by atomic mass is 10.0. The minimum absolute atomic E-state index is 0.0699. The Hall–Kier alpha value is -4.22. The molecule has 2 N–H and O–H groups in total. The molecule has 1 aromatic heterocycles. The number of para-hydroxylation sites is 1. The molecule has 3 aromatic carbocycles. The SMILES string of the molecule is CCCCCCCCCCCCCCCCCc1[nH]n(-c2ccc(Oc3ccccc3)c(S(=O)(=O)O)c2)c(=O)c1N=Nc1ccc(OC)cc1. The van der Waals surface area contributed by atoms with Crippen molar-refractivity contribution in [3.63, 3.8) is 0 Å². The summed E-state index contributed by atoms with van der Waals surface area (Å²) in [6.07, 6.45) is 19.4. The summed E-state index contributed by atoms with van der Waals surface area (Å²) >= 11 is 0. The van der Waals surface area contributed by atoms with Gasteiger partial charge in [0.1, 0.15) is 22.1 Å². The van der Waals surface area contributed by atoms with E-state index in [0.717, 1.165) is 19.3 Å². The maximum atomic E-state index is 13.7. The van der Waals surface area contributed by atoms with E-state index in [1.54, 1.807) is 67.8 Å². The van der Waals surface area contributed by atoms with E-state index in [9.17, 15) is 17.8 Å². The van der Waals surface area contributed by atoms with E-state index in [0.29, 0.717) is 29.3 Å². The molecule has 0 spiro atoms. The van der Waals surface area contributed by atoms with Crippen LogP contribution in [-0.4, -0.2) is 29.9 Å². The Kier molecular flexibility index (Phi) is 15.8. The monoisotopic (exact) mass is 704 g/mol. The minimum atomic E-state index is -4.70. The zero-order valence-corrected chi connectivity index (χ0v) is 30.3. The smallest absolute Gasteiger partial charge is 0.299 e. The van der Waals surface area contributed by atoms with Crippen molar-refractivity contribution in [2.45, 2.75) is 115 Å². The third-order valence-corrected chi connectivity index (χ3v) is 9.62. The van der Waals surface area contributed by atoms with Gasteiger partial charge in [0.2, 0.25) is 0 Å². The van der Waals surface area contributed by atoms with Crippen LogP contribution in [0.4, 0.5) is 11.4 Å². The van der Waals surface area contributed by atoms with Gasteiger partial charge in [-0.3, -0.25) is 14.4 Å². The molecule has 4 rings (SSSR count). The summed E-state index contributed by atoms with van der Waals surface area (Å²) in [5.41, 5.74) is 0.999. The number of H-pyrrole nitrogens is 1. The van der Waals surface area contributed by atoms with Crippen LogP contribution in [0, 0.1) is 0 Å². The molecule has 0 saturated heterocycles. The van der Waals surface area contributed by atoms with Gasteiger partial charge in [0.05, 0.1) is 24.2 Å². The Morgan fingerprint density at radius 3 is 1.86 bits per heavy atom. The van der Waals surface area contributed by atoms with Crippen LogP contribution in [0.25, 0.3) is 5.69 Å². The first-order valence-electron chi connectivity index (χ1n) is 18.0. The number of nitrogens with zero attached hydrogens (tertiary/aromatic N) is 3. The van der Waals surface area contributed by atoms with Crippen LogP contribution in [0.15, 0.2) is 92.7 Å². The summed E-state index contributed by atoms with van der Waals surface area (Å²) in [5, 5.41) is 11.8. The highest BCUT2D eigenvalue weighted by Gasteiger charge is 2.22. The van der Waals surface area contributed by atoms with E-state index in [-0.39, 0.29) is 17.1 Å². The highest BCUT2D eigenvalue weighted by molar-refractivity contribution is 7.86. The van der Waals surface area contributed by atoms with Crippen molar-refractivity contribution in [2.24, 2.45) is 10.2 Å². The van der Waals surface area contributed by atoms with Gasteiger partial charge in [-0.25, -0.2) is 4.68 Å². The lowest BCUT2D eigenvalue weighted by Gasteiger charge is -2.11. The highest BCUT2D eigenvalue weighted by Crippen LogP contribution is 2.31. The van der Waals surface area contributed by atoms with Crippen molar-refractivity contribution >= 4 is 21.5 Å². The first-order valence-corrected chi connectivity index (χ1v) is 19.5. The van der Waals surface area contributed by atoms with Crippen molar-refractivity contribution in [2.75, 3.05) is 7.11 Å².